The molecule has 0 fully saturated rings. The van der Waals surface area contributed by atoms with Crippen LogP contribution < -0.4 is 25.6 Å². The SMILES string of the molecule is C[C@H](Oc1ccccc1F)C(=O)NNC(=O)C[C@@H]1Oc2ccccc2NC1=O. The summed E-state index contributed by atoms with van der Waals surface area (Å²) in [4.78, 5) is 36.0. The zero-order chi connectivity index (χ0) is 20.1. The predicted octanol–water partition coefficient (Wildman–Crippen LogP) is 1.53. The third-order valence-corrected chi connectivity index (χ3v) is 3.91. The van der Waals surface area contributed by atoms with Crippen molar-refractivity contribution in [2.45, 2.75) is 25.6 Å². The second kappa shape index (κ2) is 8.38. The maximum absolute atomic E-state index is 13.6. The van der Waals surface area contributed by atoms with E-state index in [1.165, 1.54) is 25.1 Å². The summed E-state index contributed by atoms with van der Waals surface area (Å²) in [6.07, 6.45) is -2.39. The Labute approximate surface area is 160 Å². The average Bonchev–Trinajstić information content (AvgIpc) is 2.68. The number of carbonyl (C=O) groups excluding carboxylic acids is 3. The molecular weight excluding hydrogens is 369 g/mol. The van der Waals surface area contributed by atoms with Crippen molar-refractivity contribution in [1.82, 2.24) is 10.9 Å². The number of amides is 3. The fraction of sp³-hybridized carbons (Fsp3) is 0.211. The zero-order valence-corrected chi connectivity index (χ0v) is 14.9. The summed E-state index contributed by atoms with van der Waals surface area (Å²) in [7, 11) is 0. The van der Waals surface area contributed by atoms with E-state index < -0.39 is 35.7 Å². The van der Waals surface area contributed by atoms with E-state index >= 15 is 0 Å². The Hall–Kier alpha value is -3.62. The highest BCUT2D eigenvalue weighted by atomic mass is 19.1. The van der Waals surface area contributed by atoms with Gasteiger partial charge >= 0.3 is 0 Å². The lowest BCUT2D eigenvalue weighted by Crippen LogP contribution is -2.49. The van der Waals surface area contributed by atoms with Gasteiger partial charge in [0, 0.05) is 0 Å². The van der Waals surface area contributed by atoms with Gasteiger partial charge in [0.2, 0.25) is 5.91 Å². The molecule has 0 aromatic heterocycles. The molecule has 9 heteroatoms. The Balaban J connectivity index is 1.48. The molecule has 28 heavy (non-hydrogen) atoms. The van der Waals surface area contributed by atoms with Gasteiger partial charge in [-0.05, 0) is 31.2 Å². The van der Waals surface area contributed by atoms with Gasteiger partial charge in [0.05, 0.1) is 12.1 Å². The monoisotopic (exact) mass is 387 g/mol. The molecular formula is C19H18FN3O5. The number of nitrogens with one attached hydrogen (secondary N) is 3. The van der Waals surface area contributed by atoms with Crippen molar-refractivity contribution in [3.8, 4) is 11.5 Å². The number of anilines is 1. The van der Waals surface area contributed by atoms with E-state index in [2.05, 4.69) is 16.2 Å². The number of hydrogen-bond acceptors (Lipinski definition) is 5. The summed E-state index contributed by atoms with van der Waals surface area (Å²) in [6.45, 7) is 1.41. The molecule has 3 amide bonds. The molecule has 0 saturated heterocycles. The van der Waals surface area contributed by atoms with Crippen molar-refractivity contribution >= 4 is 23.4 Å². The lowest BCUT2D eigenvalue weighted by atomic mass is 10.1. The Bertz CT molecular complexity index is 905. The fourth-order valence-corrected chi connectivity index (χ4v) is 2.46. The molecule has 0 aliphatic carbocycles. The molecule has 0 bridgehead atoms. The second-order valence-electron chi connectivity index (χ2n) is 6.02. The van der Waals surface area contributed by atoms with Crippen LogP contribution in [0.4, 0.5) is 10.1 Å². The van der Waals surface area contributed by atoms with Crippen molar-refractivity contribution in [2.75, 3.05) is 5.32 Å². The molecule has 1 heterocycles. The number of halogens is 1. The smallest absolute Gasteiger partial charge is 0.279 e. The van der Waals surface area contributed by atoms with Gasteiger partial charge < -0.3 is 14.8 Å². The van der Waals surface area contributed by atoms with Crippen molar-refractivity contribution in [1.29, 1.82) is 0 Å². The quantitative estimate of drug-likeness (QED) is 0.675. The highest BCUT2D eigenvalue weighted by molar-refractivity contribution is 6.00. The van der Waals surface area contributed by atoms with Crippen LogP contribution in [-0.4, -0.2) is 29.9 Å². The maximum atomic E-state index is 13.6. The molecule has 2 aromatic rings. The zero-order valence-electron chi connectivity index (χ0n) is 14.9. The Morgan fingerprint density at radius 2 is 1.89 bits per heavy atom. The Kier molecular flexibility index (Phi) is 5.73. The number of ether oxygens (including phenoxy) is 2. The summed E-state index contributed by atoms with van der Waals surface area (Å²) in [5.74, 6) is -2.01. The summed E-state index contributed by atoms with van der Waals surface area (Å²) in [5, 5.41) is 2.64. The van der Waals surface area contributed by atoms with Gasteiger partial charge in [-0.15, -0.1) is 0 Å². The first-order valence-electron chi connectivity index (χ1n) is 8.50. The summed E-state index contributed by atoms with van der Waals surface area (Å²) < 4.78 is 24.3. The number of fused-ring (bicyclic) bond motifs is 1. The summed E-state index contributed by atoms with van der Waals surface area (Å²) in [5.41, 5.74) is 4.88. The highest BCUT2D eigenvalue weighted by Gasteiger charge is 2.29. The summed E-state index contributed by atoms with van der Waals surface area (Å²) in [6, 6.07) is 12.5. The van der Waals surface area contributed by atoms with Crippen LogP contribution in [0.5, 0.6) is 11.5 Å². The van der Waals surface area contributed by atoms with Crippen LogP contribution >= 0.6 is 0 Å². The van der Waals surface area contributed by atoms with E-state index in [1.807, 2.05) is 0 Å². The van der Waals surface area contributed by atoms with Crippen molar-refractivity contribution in [3.05, 3.63) is 54.3 Å². The minimum Gasteiger partial charge on any atom is -0.478 e. The van der Waals surface area contributed by atoms with Gasteiger partial charge in [-0.2, -0.15) is 0 Å². The minimum absolute atomic E-state index is 0.0811. The van der Waals surface area contributed by atoms with Crippen molar-refractivity contribution in [2.24, 2.45) is 0 Å². The maximum Gasteiger partial charge on any atom is 0.279 e. The van der Waals surface area contributed by atoms with Crippen LogP contribution in [0, 0.1) is 5.82 Å². The number of para-hydroxylation sites is 3. The van der Waals surface area contributed by atoms with Crippen LogP contribution in [-0.2, 0) is 14.4 Å². The van der Waals surface area contributed by atoms with Gasteiger partial charge in [-0.1, -0.05) is 24.3 Å². The third kappa shape index (κ3) is 4.56. The molecule has 146 valence electrons. The van der Waals surface area contributed by atoms with Gasteiger partial charge in [0.25, 0.3) is 11.8 Å². The number of rotatable bonds is 5. The van der Waals surface area contributed by atoms with Gasteiger partial charge in [-0.3, -0.25) is 25.2 Å². The van der Waals surface area contributed by atoms with E-state index in [-0.39, 0.29) is 12.2 Å². The first-order valence-corrected chi connectivity index (χ1v) is 8.50. The number of hydrazine groups is 1. The van der Waals surface area contributed by atoms with Crippen molar-refractivity contribution in [3.63, 3.8) is 0 Å². The van der Waals surface area contributed by atoms with E-state index in [1.54, 1.807) is 30.3 Å². The Morgan fingerprint density at radius 3 is 2.68 bits per heavy atom. The van der Waals surface area contributed by atoms with Gasteiger partial charge in [0.1, 0.15) is 5.75 Å². The molecule has 1 aliphatic heterocycles. The first-order chi connectivity index (χ1) is 13.4. The molecule has 2 aromatic carbocycles. The van der Waals surface area contributed by atoms with Crippen LogP contribution in [0.25, 0.3) is 0 Å². The average molecular weight is 387 g/mol. The molecule has 1 aliphatic rings. The molecule has 3 N–H and O–H groups in total. The minimum atomic E-state index is -1.06. The molecule has 0 spiro atoms. The first kappa shape index (κ1) is 19.2. The number of hydrogen-bond donors (Lipinski definition) is 3. The van der Waals surface area contributed by atoms with E-state index in [9.17, 15) is 18.8 Å². The fourth-order valence-electron chi connectivity index (χ4n) is 2.46. The normalized spacial score (nSPS) is 16.1. The highest BCUT2D eigenvalue weighted by Crippen LogP contribution is 2.29. The topological polar surface area (TPSA) is 106 Å². The Morgan fingerprint density at radius 1 is 1.18 bits per heavy atom. The van der Waals surface area contributed by atoms with E-state index in [0.717, 1.165) is 0 Å². The van der Waals surface area contributed by atoms with Gasteiger partial charge in [0.15, 0.2) is 23.8 Å². The number of carbonyl (C=O) groups is 3. The molecule has 0 saturated carbocycles. The van der Waals surface area contributed by atoms with Crippen LogP contribution in [0.2, 0.25) is 0 Å². The molecule has 0 radical (unpaired) electrons. The molecule has 0 unspecified atom stereocenters. The molecule has 2 atom stereocenters. The van der Waals surface area contributed by atoms with Crippen LogP contribution in [0.3, 0.4) is 0 Å². The van der Waals surface area contributed by atoms with E-state index in [0.29, 0.717) is 11.4 Å². The predicted molar refractivity (Wildman–Crippen MR) is 96.9 cm³/mol. The lowest BCUT2D eigenvalue weighted by molar-refractivity contribution is -0.135. The molecule has 8 nitrogen and oxygen atoms in total. The lowest BCUT2D eigenvalue weighted by Gasteiger charge is -2.25. The number of benzene rings is 2. The second-order valence-corrected chi connectivity index (χ2v) is 6.02. The van der Waals surface area contributed by atoms with Crippen LogP contribution in [0.1, 0.15) is 13.3 Å². The van der Waals surface area contributed by atoms with E-state index in [4.69, 9.17) is 9.47 Å². The largest absolute Gasteiger partial charge is 0.478 e. The summed E-state index contributed by atoms with van der Waals surface area (Å²) >= 11 is 0. The molecule has 3 rings (SSSR count). The van der Waals surface area contributed by atoms with Crippen LogP contribution in [0.15, 0.2) is 48.5 Å². The standard InChI is InChI=1S/C19H18FN3O5/c1-11(27-14-8-4-2-6-12(14)20)18(25)23-22-17(24)10-16-19(26)21-13-7-3-5-9-15(13)28-16/h2-9,11,16H,10H2,1H3,(H,21,26)(H,22,24)(H,23,25)/t11-,16-/m0/s1. The van der Waals surface area contributed by atoms with Crippen molar-refractivity contribution < 1.29 is 28.2 Å². The third-order valence-electron chi connectivity index (χ3n) is 3.91. The van der Waals surface area contributed by atoms with Gasteiger partial charge in [-0.25, -0.2) is 4.39 Å².